The van der Waals surface area contributed by atoms with Crippen molar-refractivity contribution in [3.05, 3.63) is 36.0 Å². The molecule has 7 heteroatoms. The highest BCUT2D eigenvalue weighted by Gasteiger charge is 2.30. The molecule has 0 amide bonds. The summed E-state index contributed by atoms with van der Waals surface area (Å²) in [6.07, 6.45) is -3.63. The van der Waals surface area contributed by atoms with Gasteiger partial charge < -0.3 is 14.7 Å². The van der Waals surface area contributed by atoms with Crippen LogP contribution in [0.2, 0.25) is 0 Å². The fraction of sp³-hybridized carbons (Fsp3) is 0.400. The molecule has 4 nitrogen and oxygen atoms in total. The zero-order valence-corrected chi connectivity index (χ0v) is 12.3. The summed E-state index contributed by atoms with van der Waals surface area (Å²) in [7, 11) is 3.25. The number of aliphatic hydroxyl groups is 1. The van der Waals surface area contributed by atoms with Crippen molar-refractivity contribution in [3.8, 4) is 0 Å². The molecule has 0 aliphatic heterocycles. The highest BCUT2D eigenvalue weighted by molar-refractivity contribution is 5.91. The predicted octanol–water partition coefficient (Wildman–Crippen LogP) is 2.70. The molecule has 1 aromatic heterocycles. The first-order chi connectivity index (χ1) is 10.3. The number of pyridine rings is 1. The smallest absolute Gasteiger partial charge is 0.389 e. The minimum absolute atomic E-state index is 0.186. The molecule has 2 rings (SSSR count). The van der Waals surface area contributed by atoms with E-state index in [1.165, 1.54) is 19.4 Å². The molecule has 1 aromatic carbocycles. The van der Waals surface area contributed by atoms with Gasteiger partial charge in [-0.2, -0.15) is 13.2 Å². The third-order valence-electron chi connectivity index (χ3n) is 3.30. The van der Waals surface area contributed by atoms with Gasteiger partial charge in [0.25, 0.3) is 0 Å². The summed E-state index contributed by atoms with van der Waals surface area (Å²) in [5, 5.41) is 10.4. The maximum Gasteiger partial charge on any atom is 0.416 e. The van der Waals surface area contributed by atoms with E-state index >= 15 is 0 Å². The van der Waals surface area contributed by atoms with Crippen LogP contribution >= 0.6 is 0 Å². The Morgan fingerprint density at radius 3 is 2.68 bits per heavy atom. The number of alkyl halides is 3. The molecule has 120 valence electrons. The number of likely N-dealkylation sites (N-methyl/N-ethyl adjacent to an activating group) is 1. The van der Waals surface area contributed by atoms with Crippen molar-refractivity contribution in [2.24, 2.45) is 0 Å². The Morgan fingerprint density at radius 1 is 1.32 bits per heavy atom. The molecule has 1 atom stereocenters. The van der Waals surface area contributed by atoms with Gasteiger partial charge in [-0.3, -0.25) is 4.98 Å². The van der Waals surface area contributed by atoms with Crippen LogP contribution in [0.3, 0.4) is 0 Å². The number of nitrogens with zero attached hydrogens (tertiary/aromatic N) is 2. The van der Waals surface area contributed by atoms with Gasteiger partial charge in [-0.15, -0.1) is 0 Å². The van der Waals surface area contributed by atoms with Crippen LogP contribution in [0, 0.1) is 0 Å². The van der Waals surface area contributed by atoms with Crippen molar-refractivity contribution in [3.63, 3.8) is 0 Å². The summed E-state index contributed by atoms with van der Waals surface area (Å²) < 4.78 is 43.1. The Hall–Kier alpha value is -1.86. The van der Waals surface area contributed by atoms with E-state index in [4.69, 9.17) is 4.74 Å². The van der Waals surface area contributed by atoms with Crippen molar-refractivity contribution in [1.29, 1.82) is 0 Å². The van der Waals surface area contributed by atoms with E-state index in [1.807, 2.05) is 0 Å². The minimum Gasteiger partial charge on any atom is -0.389 e. The minimum atomic E-state index is -4.40. The largest absolute Gasteiger partial charge is 0.416 e. The Morgan fingerprint density at radius 2 is 2.05 bits per heavy atom. The first-order valence-corrected chi connectivity index (χ1v) is 6.67. The molecule has 2 aromatic rings. The van der Waals surface area contributed by atoms with Gasteiger partial charge in [0.2, 0.25) is 0 Å². The van der Waals surface area contributed by atoms with E-state index in [0.717, 1.165) is 12.1 Å². The molecular formula is C15H17F3N2O2. The summed E-state index contributed by atoms with van der Waals surface area (Å²) >= 11 is 0. The van der Waals surface area contributed by atoms with Crippen LogP contribution in [0.4, 0.5) is 18.9 Å². The molecule has 0 radical (unpaired) electrons. The average Bonchev–Trinajstić information content (AvgIpc) is 2.45. The number of aromatic nitrogens is 1. The Balaban J connectivity index is 2.35. The van der Waals surface area contributed by atoms with Crippen molar-refractivity contribution in [1.82, 2.24) is 4.98 Å². The molecule has 0 aliphatic carbocycles. The number of anilines is 1. The second-order valence-electron chi connectivity index (χ2n) is 5.05. The van der Waals surface area contributed by atoms with Crippen LogP contribution in [0.1, 0.15) is 5.56 Å². The molecule has 0 aliphatic rings. The molecular weight excluding hydrogens is 297 g/mol. The molecule has 1 unspecified atom stereocenters. The lowest BCUT2D eigenvalue weighted by molar-refractivity contribution is -0.137. The van der Waals surface area contributed by atoms with Gasteiger partial charge in [0.1, 0.15) is 0 Å². The molecule has 0 fully saturated rings. The maximum absolute atomic E-state index is 12.7. The lowest BCUT2D eigenvalue weighted by Gasteiger charge is -2.23. The second-order valence-corrected chi connectivity index (χ2v) is 5.05. The molecule has 1 N–H and O–H groups in total. The predicted molar refractivity (Wildman–Crippen MR) is 77.9 cm³/mol. The monoisotopic (exact) mass is 314 g/mol. The zero-order valence-electron chi connectivity index (χ0n) is 12.3. The zero-order chi connectivity index (χ0) is 16.3. The number of aliphatic hydroxyl groups excluding tert-OH is 1. The van der Waals surface area contributed by atoms with Crippen molar-refractivity contribution >= 4 is 16.6 Å². The van der Waals surface area contributed by atoms with Crippen LogP contribution in [-0.4, -0.2) is 43.5 Å². The molecule has 1 heterocycles. The van der Waals surface area contributed by atoms with E-state index in [1.54, 1.807) is 18.0 Å². The van der Waals surface area contributed by atoms with Gasteiger partial charge >= 0.3 is 6.18 Å². The van der Waals surface area contributed by atoms with E-state index in [9.17, 15) is 18.3 Å². The molecule has 22 heavy (non-hydrogen) atoms. The maximum atomic E-state index is 12.7. The quantitative estimate of drug-likeness (QED) is 0.922. The van der Waals surface area contributed by atoms with Crippen LogP contribution < -0.4 is 4.90 Å². The first kappa shape index (κ1) is 16.5. The fourth-order valence-corrected chi connectivity index (χ4v) is 2.30. The summed E-state index contributed by atoms with van der Waals surface area (Å²) in [4.78, 5) is 5.76. The Kier molecular flexibility index (Phi) is 4.87. The highest BCUT2D eigenvalue weighted by Crippen LogP contribution is 2.33. The third-order valence-corrected chi connectivity index (χ3v) is 3.30. The van der Waals surface area contributed by atoms with Crippen LogP contribution in [0.15, 0.2) is 30.5 Å². The van der Waals surface area contributed by atoms with Crippen molar-refractivity contribution in [2.45, 2.75) is 12.3 Å². The van der Waals surface area contributed by atoms with Gasteiger partial charge in [-0.1, -0.05) is 6.07 Å². The van der Waals surface area contributed by atoms with E-state index < -0.39 is 17.8 Å². The molecule has 0 spiro atoms. The molecule has 0 bridgehead atoms. The van der Waals surface area contributed by atoms with Gasteiger partial charge in [0, 0.05) is 38.0 Å². The van der Waals surface area contributed by atoms with Gasteiger partial charge in [-0.25, -0.2) is 0 Å². The molecule has 0 saturated heterocycles. The molecule has 0 saturated carbocycles. The lowest BCUT2D eigenvalue weighted by Crippen LogP contribution is -2.32. The van der Waals surface area contributed by atoms with E-state index in [0.29, 0.717) is 17.6 Å². The van der Waals surface area contributed by atoms with E-state index in [2.05, 4.69) is 4.98 Å². The number of fused-ring (bicyclic) bond motifs is 1. The summed E-state index contributed by atoms with van der Waals surface area (Å²) in [6, 6.07) is 5.17. The summed E-state index contributed by atoms with van der Waals surface area (Å²) in [5.41, 5.74) is 0.237. The lowest BCUT2D eigenvalue weighted by atomic mass is 10.1. The number of rotatable bonds is 5. The Labute approximate surface area is 126 Å². The normalized spacial score (nSPS) is 13.4. The topological polar surface area (TPSA) is 45.6 Å². The summed E-state index contributed by atoms with van der Waals surface area (Å²) in [5.74, 6) is 0. The fourth-order valence-electron chi connectivity index (χ4n) is 2.30. The van der Waals surface area contributed by atoms with Crippen LogP contribution in [0.25, 0.3) is 10.9 Å². The number of ether oxygens (including phenoxy) is 1. The number of halogens is 3. The van der Waals surface area contributed by atoms with Crippen LogP contribution in [0.5, 0.6) is 0 Å². The van der Waals surface area contributed by atoms with Crippen LogP contribution in [-0.2, 0) is 10.9 Å². The van der Waals surface area contributed by atoms with Gasteiger partial charge in [0.05, 0.1) is 23.8 Å². The number of methoxy groups -OCH3 is 1. The first-order valence-electron chi connectivity index (χ1n) is 6.67. The van der Waals surface area contributed by atoms with Crippen molar-refractivity contribution < 1.29 is 23.0 Å². The standard InChI is InChI=1S/C15H17F3N2O2/c1-20(8-11(21)9-22-2)14-5-6-19-13-7-10(15(16,17)18)3-4-12(13)14/h3-7,11,21H,8-9H2,1-2H3. The summed E-state index contributed by atoms with van der Waals surface area (Å²) in [6.45, 7) is 0.486. The number of benzene rings is 1. The van der Waals surface area contributed by atoms with Crippen molar-refractivity contribution in [2.75, 3.05) is 32.2 Å². The Bertz CT molecular complexity index is 646. The number of hydrogen-bond donors (Lipinski definition) is 1. The SMILES string of the molecule is COCC(O)CN(C)c1ccnc2cc(C(F)(F)F)ccc12. The highest BCUT2D eigenvalue weighted by atomic mass is 19.4. The average molecular weight is 314 g/mol. The van der Waals surface area contributed by atoms with Gasteiger partial charge in [0.15, 0.2) is 0 Å². The van der Waals surface area contributed by atoms with Gasteiger partial charge in [-0.05, 0) is 18.2 Å². The van der Waals surface area contributed by atoms with E-state index in [-0.39, 0.29) is 12.1 Å². The second kappa shape index (κ2) is 6.50. The third kappa shape index (κ3) is 3.66. The number of hydrogen-bond acceptors (Lipinski definition) is 4.